The molecule has 5 aromatic rings. The Labute approximate surface area is 592 Å². The van der Waals surface area contributed by atoms with Crippen LogP contribution in [-0.2, 0) is 70.6 Å². The van der Waals surface area contributed by atoms with E-state index in [9.17, 15) is 63.0 Å². The maximum atomic E-state index is 13.2. The summed E-state index contributed by atoms with van der Waals surface area (Å²) < 4.78 is 15.0. The number of nitrogens with two attached hydrogens (primary N) is 7. The summed E-state index contributed by atoms with van der Waals surface area (Å²) in [4.78, 5) is 118. The van der Waals surface area contributed by atoms with Crippen molar-refractivity contribution < 1.29 is 54.0 Å². The van der Waals surface area contributed by atoms with Crippen molar-refractivity contribution in [3.63, 3.8) is 0 Å². The van der Waals surface area contributed by atoms with Crippen LogP contribution in [0.25, 0.3) is 11.0 Å². The van der Waals surface area contributed by atoms with Gasteiger partial charge in [-0.1, -0.05) is 101 Å². The lowest BCUT2D eigenvalue weighted by Crippen LogP contribution is -2.19. The number of aromatic nitrogens is 2. The average molecular weight is 1460 g/mol. The number of rotatable bonds is 27. The number of amides is 4. The second kappa shape index (κ2) is 45.6. The van der Waals surface area contributed by atoms with Gasteiger partial charge in [-0.3, -0.25) is 58.6 Å². The predicted molar refractivity (Wildman–Crippen MR) is 387 cm³/mol. The Hall–Kier alpha value is -8.94. The molecule has 0 saturated heterocycles. The van der Waals surface area contributed by atoms with Gasteiger partial charge in [0.15, 0.2) is 0 Å². The number of anilines is 4. The molecular formula is C70H99BrClFN14O12. The zero-order valence-electron chi connectivity index (χ0n) is 56.2. The lowest BCUT2D eigenvalue weighted by atomic mass is 9.84. The lowest BCUT2D eigenvalue weighted by molar-refractivity contribution is -0.387. The van der Waals surface area contributed by atoms with Crippen LogP contribution in [-0.4, -0.2) is 85.8 Å². The number of nitrogen functional groups attached to an aromatic ring is 2. The highest BCUT2D eigenvalue weighted by atomic mass is 79.9. The summed E-state index contributed by atoms with van der Waals surface area (Å²) in [6.45, 7) is 1.46. The number of carbonyl (C=O) groups excluding carboxylic acids is 8. The molecule has 0 atom stereocenters. The molecule has 0 radical (unpaired) electrons. The van der Waals surface area contributed by atoms with Gasteiger partial charge in [0, 0.05) is 131 Å². The van der Waals surface area contributed by atoms with E-state index in [0.717, 1.165) is 130 Å². The number of nitriles is 1. The fourth-order valence-corrected chi connectivity index (χ4v) is 12.3. The summed E-state index contributed by atoms with van der Waals surface area (Å²) >= 11 is 2.45. The first-order valence-electron chi connectivity index (χ1n) is 33.6. The molecule has 99 heavy (non-hydrogen) atoms. The van der Waals surface area contributed by atoms with Crippen molar-refractivity contribution in [1.82, 2.24) is 9.55 Å². The van der Waals surface area contributed by atoms with Crippen LogP contribution < -0.4 is 50.8 Å². The fourth-order valence-electron chi connectivity index (χ4n) is 12.3. The molecule has 4 aromatic carbocycles. The fraction of sp³-hybridized carbons (Fsp3) is 0.514. The van der Waals surface area contributed by atoms with E-state index in [0.29, 0.717) is 78.9 Å². The third-order valence-corrected chi connectivity index (χ3v) is 17.5. The van der Waals surface area contributed by atoms with Crippen molar-refractivity contribution in [2.24, 2.45) is 52.3 Å². The van der Waals surface area contributed by atoms with E-state index in [4.69, 9.17) is 39.7 Å². The van der Waals surface area contributed by atoms with Gasteiger partial charge in [-0.05, 0) is 110 Å². The number of hydrogen-bond donors (Lipinski definition) is 9. The number of aryl methyl sites for hydroxylation is 1. The molecule has 1 heterocycles. The Kier molecular flexibility index (Phi) is 38.8. The van der Waals surface area contributed by atoms with E-state index in [1.54, 1.807) is 21.7 Å². The monoisotopic (exact) mass is 1460 g/mol. The molecule has 0 spiro atoms. The van der Waals surface area contributed by atoms with Gasteiger partial charge in [-0.15, -0.1) is 12.4 Å². The normalized spacial score (nSPS) is 14.6. The van der Waals surface area contributed by atoms with Crippen molar-refractivity contribution in [1.29, 1.82) is 5.26 Å². The van der Waals surface area contributed by atoms with E-state index in [-0.39, 0.29) is 111 Å². The number of nitrogens with zero attached hydrogens (tertiary/aromatic N) is 5. The Bertz CT molecular complexity index is 3550. The summed E-state index contributed by atoms with van der Waals surface area (Å²) in [5, 5.41) is 35.0. The number of Topliss-reactive ketones (excluding diaryl/α,β-unsaturated/α-hetero) is 4. The zero-order chi connectivity index (χ0) is 72.1. The highest BCUT2D eigenvalue weighted by Gasteiger charge is 2.26. The maximum absolute atomic E-state index is 13.2. The van der Waals surface area contributed by atoms with Crippen molar-refractivity contribution >= 4 is 121 Å². The smallest absolute Gasteiger partial charge is 0.305 e. The van der Waals surface area contributed by atoms with Crippen LogP contribution >= 0.6 is 28.3 Å². The van der Waals surface area contributed by atoms with Crippen LogP contribution in [0.1, 0.15) is 178 Å². The number of imidazole rings is 1. The van der Waals surface area contributed by atoms with Crippen LogP contribution in [0.15, 0.2) is 72.8 Å². The number of ketones is 4. The van der Waals surface area contributed by atoms with Gasteiger partial charge in [0.1, 0.15) is 33.8 Å². The first kappa shape index (κ1) is 84.3. The van der Waals surface area contributed by atoms with Gasteiger partial charge < -0.3 is 55.3 Å². The summed E-state index contributed by atoms with van der Waals surface area (Å²) in [7, 11) is 0. The largest absolute Gasteiger partial charge is 0.397 e. The molecule has 0 bridgehead atoms. The Morgan fingerprint density at radius 3 is 1.24 bits per heavy atom. The molecule has 26 nitrogen and oxygen atoms in total. The molecule has 9 rings (SSSR count). The molecule has 4 fully saturated rings. The van der Waals surface area contributed by atoms with E-state index in [1.807, 2.05) is 36.4 Å². The average Bonchev–Trinajstić information content (AvgIpc) is 1.64. The molecule has 1 aromatic heterocycles. The van der Waals surface area contributed by atoms with Crippen molar-refractivity contribution in [2.45, 2.75) is 186 Å². The third kappa shape index (κ3) is 31.2. The number of primary amides is 4. The maximum Gasteiger partial charge on any atom is 0.305 e. The van der Waals surface area contributed by atoms with Gasteiger partial charge in [0.25, 0.3) is 5.69 Å². The van der Waals surface area contributed by atoms with Crippen LogP contribution in [0, 0.1) is 60.0 Å². The summed E-state index contributed by atoms with van der Waals surface area (Å²) in [6, 6.07) is 19.8. The molecule has 0 aliphatic heterocycles. The minimum Gasteiger partial charge on any atom is -0.397 e. The second-order valence-electron chi connectivity index (χ2n) is 25.0. The topological polar surface area (TPSA) is 471 Å². The minimum atomic E-state index is -0.862. The van der Waals surface area contributed by atoms with Crippen LogP contribution in [0.3, 0.4) is 0 Å². The lowest BCUT2D eigenvalue weighted by Gasteiger charge is -2.20. The van der Waals surface area contributed by atoms with Crippen molar-refractivity contribution in [3.05, 3.63) is 121 Å². The number of nitro groups is 2. The molecule has 0 unspecified atom stereocenters. The quantitative estimate of drug-likeness (QED) is 0.0134. The van der Waals surface area contributed by atoms with Crippen molar-refractivity contribution in [3.8, 4) is 4.98 Å². The highest BCUT2D eigenvalue weighted by molar-refractivity contribution is 9.12. The van der Waals surface area contributed by atoms with E-state index in [1.165, 1.54) is 50.7 Å². The van der Waals surface area contributed by atoms with Gasteiger partial charge in [0.2, 0.25) is 35.4 Å². The Balaban J connectivity index is 0.000000433. The van der Waals surface area contributed by atoms with Crippen molar-refractivity contribution in [2.75, 3.05) is 41.7 Å². The number of halogens is 3. The van der Waals surface area contributed by atoms with E-state index >= 15 is 0 Å². The SMILES string of the molecule is Cl.N#CBr.NC(=O)CCNc1ccc(CC(=O)C2CCCCC2)cc1N.NC(=O)CCNc1ccc(CC(=O)C2CCCCC2)cc1[N+](=O)[O-].NC(=O)CCn1c(N)nc2cc(CC(=O)C3CCCCC3)ccc21.NCCC(N)=O.O=C(Cc1ccc(F)c([N+](=O)[O-])c1)C1CCCCC1.[HH]. The molecule has 16 N–H and O–H groups in total. The molecular weight excluding hydrogens is 1360 g/mol. The van der Waals surface area contributed by atoms with Crippen LogP contribution in [0.2, 0.25) is 0 Å². The Morgan fingerprint density at radius 2 is 0.879 bits per heavy atom. The Morgan fingerprint density at radius 1 is 0.535 bits per heavy atom. The predicted octanol–water partition coefficient (Wildman–Crippen LogP) is 10.8. The minimum absolute atomic E-state index is 0. The highest BCUT2D eigenvalue weighted by Crippen LogP contribution is 2.32. The van der Waals surface area contributed by atoms with Crippen LogP contribution in [0.5, 0.6) is 0 Å². The molecule has 4 aliphatic rings. The van der Waals surface area contributed by atoms with E-state index < -0.39 is 27.3 Å². The van der Waals surface area contributed by atoms with Gasteiger partial charge >= 0.3 is 5.69 Å². The second-order valence-corrected chi connectivity index (χ2v) is 25.4. The summed E-state index contributed by atoms with van der Waals surface area (Å²) in [5.74, 6) is -0.493. The first-order valence-corrected chi connectivity index (χ1v) is 34.4. The molecule has 542 valence electrons. The first-order chi connectivity index (χ1) is 46.8. The van der Waals surface area contributed by atoms with Gasteiger partial charge in [-0.2, -0.15) is 9.65 Å². The third-order valence-electron chi connectivity index (χ3n) is 17.5. The molecule has 29 heteroatoms. The number of carbonyl (C=O) groups is 8. The number of fused-ring (bicyclic) bond motifs is 1. The standard InChI is InChI=1S/C18H24N4O2.C17H23N3O4.C17H25N3O2.C14H16FNO3.C3H8N2O.CBrN.ClH.H2/c19-17(24)8-9-22-15-7-6-12(10-14(15)21-18(22)20)11-16(23)13-4-2-1-3-5-13;18-17(22)8-9-19-14-7-6-12(10-15(14)20(23)24)11-16(21)13-4-2-1-3-5-13;18-14-10-12(6-7-15(14)20-9-8-17(19)22)11-16(21)13-4-2-1-3-5-13;15-12-7-6-10(8-13(12)16(18)19)9-14(17)11-4-2-1-3-5-11;4-2-1-3(5)6;2-1-3;;/h6-7,10,13H,1-5,8-9,11H2,(H2,19,24)(H2,20,21);6-7,10,13,19H,1-5,8-9,11H2,(H2,18,22);6-7,10,13,20H,1-5,8-9,11,18H2,(H2,19,22);6-8,11H,1-5,9H2;1-2,4H2,(H2,5,6);;2*1H. The zero-order valence-corrected chi connectivity index (χ0v) is 58.6. The van der Waals surface area contributed by atoms with E-state index in [2.05, 4.69) is 37.3 Å². The summed E-state index contributed by atoms with van der Waals surface area (Å²) in [5.41, 5.74) is 42.7. The number of hydrogen-bond acceptors (Lipinski definition) is 19. The van der Waals surface area contributed by atoms with Gasteiger partial charge in [0.05, 0.1) is 32.3 Å². The molecule has 4 aliphatic carbocycles. The van der Waals surface area contributed by atoms with Gasteiger partial charge in [-0.25, -0.2) is 4.98 Å². The number of nitro benzene ring substituents is 2. The number of benzene rings is 4. The van der Waals surface area contributed by atoms with Crippen LogP contribution in [0.4, 0.5) is 38.8 Å². The number of nitrogens with one attached hydrogen (secondary N) is 2. The molecule has 4 saturated carbocycles. The summed E-state index contributed by atoms with van der Waals surface area (Å²) in [6.07, 6.45) is 23.8. The molecule has 4 amide bonds.